The van der Waals surface area contributed by atoms with Crippen LogP contribution < -0.4 is 0 Å². The van der Waals surface area contributed by atoms with Crippen LogP contribution in [0.4, 0.5) is 13.2 Å². The van der Waals surface area contributed by atoms with Crippen molar-refractivity contribution in [2.75, 3.05) is 6.61 Å². The first kappa shape index (κ1) is 14.1. The molecule has 0 saturated heterocycles. The van der Waals surface area contributed by atoms with Crippen molar-refractivity contribution in [2.45, 2.75) is 45.7 Å². The molecule has 0 aromatic heterocycles. The highest BCUT2D eigenvalue weighted by Gasteiger charge is 2.41. The molecule has 1 atom stereocenters. The van der Waals surface area contributed by atoms with Crippen LogP contribution in [0.5, 0.6) is 0 Å². The molecule has 0 aliphatic heterocycles. The van der Waals surface area contributed by atoms with Crippen molar-refractivity contribution in [1.29, 1.82) is 0 Å². The zero-order chi connectivity index (χ0) is 13.1. The Kier molecular flexibility index (Phi) is 4.60. The van der Waals surface area contributed by atoms with E-state index in [1.54, 1.807) is 13.8 Å². The van der Waals surface area contributed by atoms with Crippen molar-refractivity contribution in [3.63, 3.8) is 0 Å². The second kappa shape index (κ2) is 5.56. The molecule has 17 heavy (non-hydrogen) atoms. The number of esters is 1. The molecule has 0 aromatic carbocycles. The van der Waals surface area contributed by atoms with Gasteiger partial charge in [-0.1, -0.05) is 5.57 Å². The molecule has 0 N–H and O–H groups in total. The Morgan fingerprint density at radius 2 is 2.12 bits per heavy atom. The lowest BCUT2D eigenvalue weighted by molar-refractivity contribution is -0.178. The number of halogens is 3. The Morgan fingerprint density at radius 3 is 2.65 bits per heavy atom. The maximum absolute atomic E-state index is 12.6. The Labute approximate surface area is 98.8 Å². The fraction of sp³-hybridized carbons (Fsp3) is 0.750. The van der Waals surface area contributed by atoms with E-state index in [2.05, 4.69) is 0 Å². The summed E-state index contributed by atoms with van der Waals surface area (Å²) >= 11 is 0. The van der Waals surface area contributed by atoms with Gasteiger partial charge in [-0.25, -0.2) is 4.79 Å². The first-order valence-electron chi connectivity index (χ1n) is 5.78. The average Bonchev–Trinajstić information content (AvgIpc) is 2.27. The average molecular weight is 250 g/mol. The second-order valence-corrected chi connectivity index (χ2v) is 4.28. The number of hydrogen-bond acceptors (Lipinski definition) is 2. The summed E-state index contributed by atoms with van der Waals surface area (Å²) in [7, 11) is 0. The van der Waals surface area contributed by atoms with E-state index >= 15 is 0 Å². The predicted molar refractivity (Wildman–Crippen MR) is 57.3 cm³/mol. The lowest BCUT2D eigenvalue weighted by Crippen LogP contribution is -2.26. The number of rotatable bonds is 2. The van der Waals surface area contributed by atoms with Gasteiger partial charge in [-0.05, 0) is 39.5 Å². The third kappa shape index (κ3) is 3.75. The molecule has 0 radical (unpaired) electrons. The molecule has 0 spiro atoms. The van der Waals surface area contributed by atoms with Crippen LogP contribution in [0.25, 0.3) is 0 Å². The predicted octanol–water partition coefficient (Wildman–Crippen LogP) is 3.62. The van der Waals surface area contributed by atoms with Crippen LogP contribution in [0.15, 0.2) is 11.1 Å². The summed E-state index contributed by atoms with van der Waals surface area (Å²) < 4.78 is 42.6. The molecular weight excluding hydrogens is 233 g/mol. The van der Waals surface area contributed by atoms with Gasteiger partial charge in [0, 0.05) is 5.57 Å². The summed E-state index contributed by atoms with van der Waals surface area (Å²) in [6.45, 7) is 3.47. The number of carbonyl (C=O) groups is 1. The molecule has 0 amide bonds. The van der Waals surface area contributed by atoms with Crippen molar-refractivity contribution >= 4 is 5.97 Å². The fourth-order valence-electron chi connectivity index (χ4n) is 2.07. The molecule has 1 aliphatic carbocycles. The largest absolute Gasteiger partial charge is 0.463 e. The minimum absolute atomic E-state index is 0.0614. The van der Waals surface area contributed by atoms with Gasteiger partial charge < -0.3 is 4.74 Å². The highest BCUT2D eigenvalue weighted by molar-refractivity contribution is 5.88. The fourth-order valence-corrected chi connectivity index (χ4v) is 2.07. The van der Waals surface area contributed by atoms with Gasteiger partial charge in [0.15, 0.2) is 0 Å². The maximum Gasteiger partial charge on any atom is 0.392 e. The highest BCUT2D eigenvalue weighted by Crippen LogP contribution is 2.40. The summed E-state index contributed by atoms with van der Waals surface area (Å²) in [6.07, 6.45) is -3.02. The van der Waals surface area contributed by atoms with Gasteiger partial charge >= 0.3 is 12.1 Å². The van der Waals surface area contributed by atoms with Crippen molar-refractivity contribution in [2.24, 2.45) is 5.92 Å². The minimum Gasteiger partial charge on any atom is -0.463 e. The smallest absolute Gasteiger partial charge is 0.392 e. The minimum atomic E-state index is -4.17. The SMILES string of the molecule is CCOC(=O)C(C)=C1CCCC(C(F)(F)F)C1. The van der Waals surface area contributed by atoms with E-state index in [0.29, 0.717) is 24.0 Å². The number of allylic oxidation sites excluding steroid dienone is 1. The first-order valence-corrected chi connectivity index (χ1v) is 5.78. The molecular formula is C12H17F3O2. The van der Waals surface area contributed by atoms with E-state index < -0.39 is 18.1 Å². The molecule has 0 heterocycles. The quantitative estimate of drug-likeness (QED) is 0.552. The summed E-state index contributed by atoms with van der Waals surface area (Å²) in [5, 5.41) is 0. The molecule has 98 valence electrons. The normalized spacial score (nSPS) is 24.4. The van der Waals surface area contributed by atoms with Crippen molar-refractivity contribution < 1.29 is 22.7 Å². The molecule has 0 bridgehead atoms. The van der Waals surface area contributed by atoms with Gasteiger partial charge in [0.1, 0.15) is 0 Å². The summed E-state index contributed by atoms with van der Waals surface area (Å²) in [5.41, 5.74) is 0.942. The van der Waals surface area contributed by atoms with Gasteiger partial charge in [-0.2, -0.15) is 13.2 Å². The maximum atomic E-state index is 12.6. The Hall–Kier alpha value is -1.00. The van der Waals surface area contributed by atoms with Gasteiger partial charge in [0.05, 0.1) is 12.5 Å². The van der Waals surface area contributed by atoms with Crippen LogP contribution in [0.1, 0.15) is 39.5 Å². The molecule has 5 heteroatoms. The standard InChI is InChI=1S/C12H17F3O2/c1-3-17-11(16)8(2)9-5-4-6-10(7-9)12(13,14)15/h10H,3-7H2,1-2H3. The van der Waals surface area contributed by atoms with Crippen LogP contribution in [0.3, 0.4) is 0 Å². The van der Waals surface area contributed by atoms with Crippen LogP contribution in [-0.2, 0) is 9.53 Å². The number of alkyl halides is 3. The number of ether oxygens (including phenoxy) is 1. The van der Waals surface area contributed by atoms with Crippen LogP contribution >= 0.6 is 0 Å². The van der Waals surface area contributed by atoms with Crippen molar-refractivity contribution in [1.82, 2.24) is 0 Å². The van der Waals surface area contributed by atoms with Crippen molar-refractivity contribution in [3.8, 4) is 0 Å². The molecule has 1 unspecified atom stereocenters. The summed E-state index contributed by atoms with van der Waals surface area (Å²) in [5.74, 6) is -1.80. The first-order chi connectivity index (χ1) is 7.86. The molecule has 1 aliphatic rings. The lowest BCUT2D eigenvalue weighted by Gasteiger charge is -2.27. The lowest BCUT2D eigenvalue weighted by atomic mass is 9.83. The summed E-state index contributed by atoms with van der Waals surface area (Å²) in [6, 6.07) is 0. The van der Waals surface area contributed by atoms with E-state index in [1.165, 1.54) is 0 Å². The Balaban J connectivity index is 2.78. The van der Waals surface area contributed by atoms with Gasteiger partial charge in [0.2, 0.25) is 0 Å². The Bertz CT molecular complexity index is 318. The van der Waals surface area contributed by atoms with E-state index in [4.69, 9.17) is 4.74 Å². The third-order valence-electron chi connectivity index (χ3n) is 3.10. The van der Waals surface area contributed by atoms with Crippen LogP contribution in [0, 0.1) is 5.92 Å². The van der Waals surface area contributed by atoms with E-state index in [1.807, 2.05) is 0 Å². The molecule has 0 aromatic rings. The summed E-state index contributed by atoms with van der Waals surface area (Å²) in [4.78, 5) is 11.4. The van der Waals surface area contributed by atoms with E-state index in [-0.39, 0.29) is 19.4 Å². The van der Waals surface area contributed by atoms with E-state index in [9.17, 15) is 18.0 Å². The van der Waals surface area contributed by atoms with Crippen LogP contribution in [0.2, 0.25) is 0 Å². The number of hydrogen-bond donors (Lipinski definition) is 0. The highest BCUT2D eigenvalue weighted by atomic mass is 19.4. The number of carbonyl (C=O) groups excluding carboxylic acids is 1. The van der Waals surface area contributed by atoms with Crippen molar-refractivity contribution in [3.05, 3.63) is 11.1 Å². The van der Waals surface area contributed by atoms with Gasteiger partial charge in [0.25, 0.3) is 0 Å². The molecule has 1 fully saturated rings. The molecule has 1 saturated carbocycles. The molecule has 1 rings (SSSR count). The van der Waals surface area contributed by atoms with Gasteiger partial charge in [-0.3, -0.25) is 0 Å². The monoisotopic (exact) mass is 250 g/mol. The zero-order valence-corrected chi connectivity index (χ0v) is 10.1. The topological polar surface area (TPSA) is 26.3 Å². The van der Waals surface area contributed by atoms with E-state index in [0.717, 1.165) is 0 Å². The van der Waals surface area contributed by atoms with Gasteiger partial charge in [-0.15, -0.1) is 0 Å². The zero-order valence-electron chi connectivity index (χ0n) is 10.1. The molecule has 2 nitrogen and oxygen atoms in total. The third-order valence-corrected chi connectivity index (χ3v) is 3.10. The Morgan fingerprint density at radius 1 is 1.47 bits per heavy atom. The van der Waals surface area contributed by atoms with Crippen LogP contribution in [-0.4, -0.2) is 18.8 Å². The second-order valence-electron chi connectivity index (χ2n) is 4.28.